The lowest BCUT2D eigenvalue weighted by atomic mass is 9.96. The Bertz CT molecular complexity index is 1310. The lowest BCUT2D eigenvalue weighted by Crippen LogP contribution is -2.42. The second-order valence-corrected chi connectivity index (χ2v) is 7.27. The van der Waals surface area contributed by atoms with Crippen LogP contribution in [0.5, 0.6) is 0 Å². The average Bonchev–Trinajstić information content (AvgIpc) is 3.26. The summed E-state index contributed by atoms with van der Waals surface area (Å²) >= 11 is 0. The Labute approximate surface area is 180 Å². The molecule has 0 aliphatic carbocycles. The summed E-state index contributed by atoms with van der Waals surface area (Å²) in [5.41, 5.74) is -0.506. The molecule has 0 saturated heterocycles. The van der Waals surface area contributed by atoms with Crippen molar-refractivity contribution in [3.05, 3.63) is 71.9 Å². The van der Waals surface area contributed by atoms with Gasteiger partial charge in [-0.1, -0.05) is 30.3 Å². The van der Waals surface area contributed by atoms with Crippen LogP contribution in [0.1, 0.15) is 30.3 Å². The third-order valence-corrected chi connectivity index (χ3v) is 5.25. The highest BCUT2D eigenvalue weighted by molar-refractivity contribution is 5.95. The molecular weight excluding hydrogens is 421 g/mol. The van der Waals surface area contributed by atoms with Crippen LogP contribution < -0.4 is 0 Å². The van der Waals surface area contributed by atoms with E-state index < -0.39 is 23.9 Å². The fourth-order valence-corrected chi connectivity index (χ4v) is 3.47. The van der Waals surface area contributed by atoms with Gasteiger partial charge in [0.05, 0.1) is 18.3 Å². The molecule has 4 aromatic rings. The molecule has 0 radical (unpaired) electrons. The molecule has 1 N–H and O–H groups in total. The minimum absolute atomic E-state index is 0.112. The second-order valence-electron chi connectivity index (χ2n) is 7.27. The first-order valence-electron chi connectivity index (χ1n) is 9.69. The number of aliphatic hydroxyl groups is 1. The molecule has 0 fully saturated rings. The summed E-state index contributed by atoms with van der Waals surface area (Å²) in [4.78, 5) is 8.48. The molecule has 1 atom stereocenters. The highest BCUT2D eigenvalue weighted by Crippen LogP contribution is 2.40. The summed E-state index contributed by atoms with van der Waals surface area (Å²) in [6.07, 6.45) is -1.02. The number of benzene rings is 1. The standard InChI is InChI=1S/C22H17F3N6O/c1-2-21(32,22(23,24)25)20-13-31(30-29-20)12-14-5-6-17-18(15-4-3-7-27-11-15)9-16(10-26)28-19(17)8-14/h3-9,11,13,32H,2,12H2,1H3/t21-/m0/s1. The van der Waals surface area contributed by atoms with Gasteiger partial charge in [-0.25, -0.2) is 9.67 Å². The van der Waals surface area contributed by atoms with Crippen LogP contribution in [0.25, 0.3) is 22.0 Å². The molecule has 0 bridgehead atoms. The molecule has 0 spiro atoms. The van der Waals surface area contributed by atoms with Crippen molar-refractivity contribution in [2.24, 2.45) is 0 Å². The fourth-order valence-electron chi connectivity index (χ4n) is 3.47. The maximum Gasteiger partial charge on any atom is 0.423 e. The van der Waals surface area contributed by atoms with E-state index in [0.29, 0.717) is 11.1 Å². The van der Waals surface area contributed by atoms with E-state index >= 15 is 0 Å². The molecule has 0 saturated carbocycles. The van der Waals surface area contributed by atoms with Crippen LogP contribution in [0.15, 0.2) is 55.0 Å². The predicted molar refractivity (Wildman–Crippen MR) is 109 cm³/mol. The van der Waals surface area contributed by atoms with Crippen LogP contribution in [0.4, 0.5) is 13.2 Å². The van der Waals surface area contributed by atoms with E-state index in [9.17, 15) is 23.5 Å². The Morgan fingerprint density at radius 2 is 2.00 bits per heavy atom. The second kappa shape index (κ2) is 8.01. The van der Waals surface area contributed by atoms with Gasteiger partial charge in [-0.15, -0.1) is 5.10 Å². The van der Waals surface area contributed by atoms with Crippen molar-refractivity contribution in [2.45, 2.75) is 31.7 Å². The Kier molecular flexibility index (Phi) is 5.36. The molecule has 3 heterocycles. The van der Waals surface area contributed by atoms with Gasteiger partial charge in [0.2, 0.25) is 5.60 Å². The first-order chi connectivity index (χ1) is 15.2. The SMILES string of the molecule is CC[C@](O)(c1cn(Cc2ccc3c(-c4cccnc4)cc(C#N)nc3c2)nn1)C(F)(F)F. The summed E-state index contributed by atoms with van der Waals surface area (Å²) in [5, 5.41) is 27.5. The maximum absolute atomic E-state index is 13.3. The zero-order chi connectivity index (χ0) is 22.9. The number of pyridine rings is 2. The van der Waals surface area contributed by atoms with Crippen molar-refractivity contribution in [1.82, 2.24) is 25.0 Å². The quantitative estimate of drug-likeness (QED) is 0.506. The van der Waals surface area contributed by atoms with E-state index in [4.69, 9.17) is 0 Å². The minimum Gasteiger partial charge on any atom is -0.375 e. The topological polar surface area (TPSA) is 101 Å². The Hall–Kier alpha value is -3.84. The summed E-state index contributed by atoms with van der Waals surface area (Å²) in [6.45, 7) is 1.34. The predicted octanol–water partition coefficient (Wildman–Crippen LogP) is 3.97. The number of fused-ring (bicyclic) bond motifs is 1. The normalized spacial score (nSPS) is 13.6. The van der Waals surface area contributed by atoms with Gasteiger partial charge in [-0.05, 0) is 35.7 Å². The average molecular weight is 438 g/mol. The van der Waals surface area contributed by atoms with Gasteiger partial charge in [0.1, 0.15) is 17.5 Å². The van der Waals surface area contributed by atoms with Crippen molar-refractivity contribution in [2.75, 3.05) is 0 Å². The summed E-state index contributed by atoms with van der Waals surface area (Å²) in [7, 11) is 0. The zero-order valence-electron chi connectivity index (χ0n) is 16.9. The van der Waals surface area contributed by atoms with Gasteiger partial charge in [0, 0.05) is 23.3 Å². The number of hydrogen-bond acceptors (Lipinski definition) is 6. The van der Waals surface area contributed by atoms with Crippen molar-refractivity contribution in [1.29, 1.82) is 5.26 Å². The smallest absolute Gasteiger partial charge is 0.375 e. The van der Waals surface area contributed by atoms with E-state index in [1.807, 2.05) is 18.2 Å². The van der Waals surface area contributed by atoms with Crippen molar-refractivity contribution in [3.8, 4) is 17.2 Å². The third-order valence-electron chi connectivity index (χ3n) is 5.25. The highest BCUT2D eigenvalue weighted by Gasteiger charge is 2.55. The molecule has 0 unspecified atom stereocenters. The number of hydrogen-bond donors (Lipinski definition) is 1. The molecule has 10 heteroatoms. The number of aromatic nitrogens is 5. The zero-order valence-corrected chi connectivity index (χ0v) is 16.9. The monoisotopic (exact) mass is 438 g/mol. The van der Waals surface area contributed by atoms with Crippen molar-refractivity contribution >= 4 is 10.9 Å². The molecule has 0 aliphatic rings. The number of halogens is 3. The van der Waals surface area contributed by atoms with Crippen LogP contribution in [0.3, 0.4) is 0 Å². The van der Waals surface area contributed by atoms with Crippen LogP contribution >= 0.6 is 0 Å². The van der Waals surface area contributed by atoms with E-state index in [1.54, 1.807) is 36.7 Å². The molecule has 0 amide bonds. The van der Waals surface area contributed by atoms with E-state index in [2.05, 4.69) is 20.3 Å². The van der Waals surface area contributed by atoms with E-state index in [-0.39, 0.29) is 12.2 Å². The maximum atomic E-state index is 13.3. The van der Waals surface area contributed by atoms with Crippen LogP contribution in [-0.2, 0) is 12.1 Å². The van der Waals surface area contributed by atoms with Gasteiger partial charge in [-0.2, -0.15) is 18.4 Å². The summed E-state index contributed by atoms with van der Waals surface area (Å²) in [6, 6.07) is 12.8. The fraction of sp³-hybridized carbons (Fsp3) is 0.227. The van der Waals surface area contributed by atoms with Gasteiger partial charge >= 0.3 is 6.18 Å². The van der Waals surface area contributed by atoms with Gasteiger partial charge in [0.25, 0.3) is 0 Å². The van der Waals surface area contributed by atoms with E-state index in [0.717, 1.165) is 22.7 Å². The Morgan fingerprint density at radius 1 is 1.19 bits per heavy atom. The van der Waals surface area contributed by atoms with Crippen molar-refractivity contribution < 1.29 is 18.3 Å². The molecule has 32 heavy (non-hydrogen) atoms. The summed E-state index contributed by atoms with van der Waals surface area (Å²) < 4.78 is 41.1. The largest absolute Gasteiger partial charge is 0.423 e. The number of alkyl halides is 3. The lowest BCUT2D eigenvalue weighted by molar-refractivity contribution is -0.269. The van der Waals surface area contributed by atoms with Crippen LogP contribution in [-0.4, -0.2) is 36.2 Å². The van der Waals surface area contributed by atoms with Crippen molar-refractivity contribution in [3.63, 3.8) is 0 Å². The van der Waals surface area contributed by atoms with E-state index in [1.165, 1.54) is 11.6 Å². The van der Waals surface area contributed by atoms with Crippen LogP contribution in [0, 0.1) is 11.3 Å². The highest BCUT2D eigenvalue weighted by atomic mass is 19.4. The molecule has 1 aromatic carbocycles. The molecule has 3 aromatic heterocycles. The van der Waals surface area contributed by atoms with Gasteiger partial charge < -0.3 is 5.11 Å². The summed E-state index contributed by atoms with van der Waals surface area (Å²) in [5.74, 6) is 0. The van der Waals surface area contributed by atoms with Gasteiger partial charge in [-0.3, -0.25) is 4.98 Å². The molecule has 4 rings (SSSR count). The first-order valence-corrected chi connectivity index (χ1v) is 9.69. The Balaban J connectivity index is 1.70. The number of nitriles is 1. The Morgan fingerprint density at radius 3 is 2.66 bits per heavy atom. The number of rotatable bonds is 5. The lowest BCUT2D eigenvalue weighted by Gasteiger charge is -2.26. The minimum atomic E-state index is -4.87. The molecule has 7 nitrogen and oxygen atoms in total. The van der Waals surface area contributed by atoms with Gasteiger partial charge in [0.15, 0.2) is 0 Å². The molecular formula is C22H17F3N6O. The first kappa shape index (κ1) is 21.4. The molecule has 0 aliphatic heterocycles. The number of nitrogens with zero attached hydrogens (tertiary/aromatic N) is 6. The van der Waals surface area contributed by atoms with Crippen LogP contribution in [0.2, 0.25) is 0 Å². The third kappa shape index (κ3) is 3.78. The molecule has 162 valence electrons.